The van der Waals surface area contributed by atoms with Crippen LogP contribution in [-0.4, -0.2) is 29.0 Å². The average molecular weight is 409 g/mol. The fourth-order valence-electron chi connectivity index (χ4n) is 2.81. The van der Waals surface area contributed by atoms with Gasteiger partial charge < -0.3 is 4.74 Å². The van der Waals surface area contributed by atoms with E-state index in [0.717, 1.165) is 32.8 Å². The van der Waals surface area contributed by atoms with Crippen molar-refractivity contribution in [1.29, 1.82) is 0 Å². The smallest absolute Gasteiger partial charge is 0.350 e. The van der Waals surface area contributed by atoms with Crippen LogP contribution in [0.25, 0.3) is 21.5 Å². The van der Waals surface area contributed by atoms with E-state index in [9.17, 15) is 9.59 Å². The Bertz CT molecular complexity index is 1180. The van der Waals surface area contributed by atoms with Crippen LogP contribution in [0.1, 0.15) is 25.7 Å². The van der Waals surface area contributed by atoms with Gasteiger partial charge in [-0.1, -0.05) is 35.6 Å². The summed E-state index contributed by atoms with van der Waals surface area (Å²) in [5, 5.41) is 5.87. The van der Waals surface area contributed by atoms with Crippen molar-refractivity contribution in [3.63, 3.8) is 0 Å². The van der Waals surface area contributed by atoms with Gasteiger partial charge in [-0.2, -0.15) is 0 Å². The first-order chi connectivity index (χ1) is 13.6. The molecule has 6 nitrogen and oxygen atoms in total. The molecule has 0 saturated carbocycles. The Balaban J connectivity index is 1.74. The molecule has 140 valence electrons. The lowest BCUT2D eigenvalue weighted by Crippen LogP contribution is -2.13. The van der Waals surface area contributed by atoms with Crippen molar-refractivity contribution in [2.24, 2.45) is 0 Å². The van der Waals surface area contributed by atoms with Crippen molar-refractivity contribution in [3.8, 4) is 10.6 Å². The summed E-state index contributed by atoms with van der Waals surface area (Å²) in [4.78, 5) is 35.1. The zero-order valence-electron chi connectivity index (χ0n) is 15.1. The molecule has 0 saturated heterocycles. The molecule has 0 aliphatic carbocycles. The van der Waals surface area contributed by atoms with E-state index in [1.165, 1.54) is 7.11 Å². The Hall–Kier alpha value is -3.10. The molecule has 0 atom stereocenters. The molecule has 0 aliphatic heterocycles. The second-order valence-corrected chi connectivity index (χ2v) is 7.88. The Morgan fingerprint density at radius 1 is 1.11 bits per heavy atom. The molecule has 0 radical (unpaired) electrons. The minimum atomic E-state index is -0.468. The number of amides is 1. The van der Waals surface area contributed by atoms with E-state index in [1.54, 1.807) is 24.3 Å². The number of para-hydroxylation sites is 1. The number of ether oxygens (including phenoxy) is 1. The van der Waals surface area contributed by atoms with Gasteiger partial charge in [-0.15, -0.1) is 11.3 Å². The van der Waals surface area contributed by atoms with Gasteiger partial charge in [0.05, 0.1) is 34.5 Å². The number of hydrogen-bond donors (Lipinski definition) is 1. The summed E-state index contributed by atoms with van der Waals surface area (Å²) < 4.78 is 4.75. The molecule has 1 aromatic carbocycles. The number of thiazole rings is 1. The average Bonchev–Trinajstić information content (AvgIpc) is 3.36. The number of benzene rings is 1. The third kappa shape index (κ3) is 3.39. The minimum Gasteiger partial charge on any atom is -0.465 e. The Kier molecular flexibility index (Phi) is 4.89. The number of aromatic nitrogens is 2. The monoisotopic (exact) mass is 409 g/mol. The number of nitrogens with zero attached hydrogens (tertiary/aromatic N) is 2. The predicted octanol–water partition coefficient (Wildman–Crippen LogP) is 4.77. The molecule has 4 rings (SSSR count). The van der Waals surface area contributed by atoms with Gasteiger partial charge in [0.15, 0.2) is 5.13 Å². The van der Waals surface area contributed by atoms with E-state index in [4.69, 9.17) is 4.74 Å². The third-order valence-corrected chi connectivity index (χ3v) is 6.07. The molecule has 0 unspecified atom stereocenters. The number of thiophene rings is 1. The summed E-state index contributed by atoms with van der Waals surface area (Å²) in [5.74, 6) is -0.772. The highest BCUT2D eigenvalue weighted by Gasteiger charge is 2.19. The van der Waals surface area contributed by atoms with Crippen molar-refractivity contribution in [1.82, 2.24) is 9.97 Å². The van der Waals surface area contributed by atoms with Crippen molar-refractivity contribution < 1.29 is 14.3 Å². The van der Waals surface area contributed by atoms with Crippen LogP contribution >= 0.6 is 22.7 Å². The maximum absolute atomic E-state index is 13.0. The van der Waals surface area contributed by atoms with E-state index < -0.39 is 5.97 Å². The number of nitrogens with one attached hydrogen (secondary N) is 1. The number of carbonyl (C=O) groups is 2. The molecule has 1 amide bonds. The molecule has 8 heteroatoms. The molecule has 3 heterocycles. The maximum Gasteiger partial charge on any atom is 0.350 e. The lowest BCUT2D eigenvalue weighted by molar-refractivity contribution is 0.0605. The number of anilines is 1. The highest BCUT2D eigenvalue weighted by molar-refractivity contribution is 7.17. The fraction of sp³-hybridized carbons (Fsp3) is 0.100. The van der Waals surface area contributed by atoms with Crippen LogP contribution < -0.4 is 5.32 Å². The number of aryl methyl sites for hydroxylation is 1. The first kappa shape index (κ1) is 18.3. The van der Waals surface area contributed by atoms with Gasteiger partial charge in [0.25, 0.3) is 5.91 Å². The van der Waals surface area contributed by atoms with Gasteiger partial charge in [-0.05, 0) is 30.5 Å². The Morgan fingerprint density at radius 2 is 1.93 bits per heavy atom. The quantitative estimate of drug-likeness (QED) is 0.491. The van der Waals surface area contributed by atoms with Crippen LogP contribution in [-0.2, 0) is 4.74 Å². The van der Waals surface area contributed by atoms with E-state index in [-0.39, 0.29) is 5.91 Å². The van der Waals surface area contributed by atoms with E-state index in [1.807, 2.05) is 41.8 Å². The maximum atomic E-state index is 13.0. The SMILES string of the molecule is COC(=O)c1sc(NC(=O)c2cc(-c3cccs3)nc3ccccc23)nc1C. The number of esters is 1. The van der Waals surface area contributed by atoms with Gasteiger partial charge >= 0.3 is 5.97 Å². The zero-order valence-corrected chi connectivity index (χ0v) is 16.7. The second kappa shape index (κ2) is 7.49. The molecular weight excluding hydrogens is 394 g/mol. The van der Waals surface area contributed by atoms with Crippen LogP contribution in [0.3, 0.4) is 0 Å². The summed E-state index contributed by atoms with van der Waals surface area (Å²) in [6.45, 7) is 1.70. The Labute approximate surface area is 168 Å². The van der Waals surface area contributed by atoms with Crippen molar-refractivity contribution in [3.05, 3.63) is 64.0 Å². The summed E-state index contributed by atoms with van der Waals surface area (Å²) in [5.41, 5.74) is 2.50. The van der Waals surface area contributed by atoms with Crippen molar-refractivity contribution in [2.45, 2.75) is 6.92 Å². The number of hydrogen-bond acceptors (Lipinski definition) is 7. The van der Waals surface area contributed by atoms with Gasteiger partial charge in [0.2, 0.25) is 0 Å². The molecular formula is C20H15N3O3S2. The zero-order chi connectivity index (χ0) is 19.7. The standard InChI is InChI=1S/C20H15N3O3S2/c1-11-17(19(25)26-2)28-20(21-11)23-18(24)13-10-15(16-8-5-9-27-16)22-14-7-4-3-6-12(13)14/h3-10H,1-2H3,(H,21,23,24). The molecule has 0 bridgehead atoms. The summed E-state index contributed by atoms with van der Waals surface area (Å²) >= 11 is 2.66. The Morgan fingerprint density at radius 3 is 2.68 bits per heavy atom. The topological polar surface area (TPSA) is 81.2 Å². The number of pyridine rings is 1. The van der Waals surface area contributed by atoms with E-state index >= 15 is 0 Å². The molecule has 28 heavy (non-hydrogen) atoms. The van der Waals surface area contributed by atoms with Crippen LogP contribution in [0.2, 0.25) is 0 Å². The van der Waals surface area contributed by atoms with Crippen molar-refractivity contribution in [2.75, 3.05) is 12.4 Å². The first-order valence-corrected chi connectivity index (χ1v) is 10.1. The highest BCUT2D eigenvalue weighted by Crippen LogP contribution is 2.29. The van der Waals surface area contributed by atoms with Crippen molar-refractivity contribution >= 4 is 50.6 Å². The molecule has 0 spiro atoms. The van der Waals surface area contributed by atoms with Crippen LogP contribution in [0.4, 0.5) is 5.13 Å². The van der Waals surface area contributed by atoms with Gasteiger partial charge in [-0.25, -0.2) is 14.8 Å². The lowest BCUT2D eigenvalue weighted by atomic mass is 10.1. The third-order valence-electron chi connectivity index (χ3n) is 4.12. The summed E-state index contributed by atoms with van der Waals surface area (Å²) in [6, 6.07) is 13.2. The van der Waals surface area contributed by atoms with Crippen LogP contribution in [0.5, 0.6) is 0 Å². The van der Waals surface area contributed by atoms with Gasteiger partial charge in [0, 0.05) is 5.39 Å². The predicted molar refractivity (Wildman–Crippen MR) is 111 cm³/mol. The highest BCUT2D eigenvalue weighted by atomic mass is 32.1. The second-order valence-electron chi connectivity index (χ2n) is 5.93. The summed E-state index contributed by atoms with van der Waals surface area (Å²) in [7, 11) is 1.31. The normalized spacial score (nSPS) is 10.8. The number of methoxy groups -OCH3 is 1. The lowest BCUT2D eigenvalue weighted by Gasteiger charge is -2.08. The molecule has 0 fully saturated rings. The number of rotatable bonds is 4. The molecule has 4 aromatic rings. The van der Waals surface area contributed by atoms with Gasteiger partial charge in [-0.3, -0.25) is 10.1 Å². The van der Waals surface area contributed by atoms with E-state index in [2.05, 4.69) is 15.3 Å². The minimum absolute atomic E-state index is 0.304. The summed E-state index contributed by atoms with van der Waals surface area (Å²) in [6.07, 6.45) is 0. The van der Waals surface area contributed by atoms with Gasteiger partial charge in [0.1, 0.15) is 4.88 Å². The first-order valence-electron chi connectivity index (χ1n) is 8.37. The number of carbonyl (C=O) groups excluding carboxylic acids is 2. The molecule has 3 aromatic heterocycles. The van der Waals surface area contributed by atoms with Crippen LogP contribution in [0.15, 0.2) is 47.8 Å². The van der Waals surface area contributed by atoms with Crippen LogP contribution in [0, 0.1) is 6.92 Å². The largest absolute Gasteiger partial charge is 0.465 e. The number of fused-ring (bicyclic) bond motifs is 1. The van der Waals surface area contributed by atoms with E-state index in [0.29, 0.717) is 21.3 Å². The molecule has 1 N–H and O–H groups in total. The fourth-order valence-corrected chi connectivity index (χ4v) is 4.38. The molecule has 0 aliphatic rings.